The van der Waals surface area contributed by atoms with Crippen LogP contribution in [0.2, 0.25) is 0 Å². The number of nitrogens with zero attached hydrogens (tertiary/aromatic N) is 4. The van der Waals surface area contributed by atoms with E-state index in [1.165, 1.54) is 24.7 Å². The van der Waals surface area contributed by atoms with Crippen molar-refractivity contribution in [2.75, 3.05) is 0 Å². The van der Waals surface area contributed by atoms with Gasteiger partial charge in [-0.2, -0.15) is 0 Å². The first kappa shape index (κ1) is 17.5. The number of benzene rings is 1. The minimum Gasteiger partial charge on any atom is -0.441 e. The Kier molecular flexibility index (Phi) is 4.41. The summed E-state index contributed by atoms with van der Waals surface area (Å²) in [6.45, 7) is 2.85. The highest BCUT2D eigenvalue weighted by molar-refractivity contribution is 5.91. The molecule has 1 aromatic heterocycles. The van der Waals surface area contributed by atoms with Crippen LogP contribution in [0.25, 0.3) is 5.69 Å². The molecule has 1 aliphatic rings. The SMILES string of the molecule is CC(=O)c1cn(-c2ccc(C3C(C(C)C(N)=O)OC(=O)N3F)cc2)nn1. The Balaban J connectivity index is 1.89. The van der Waals surface area contributed by atoms with Crippen LogP contribution in [0.3, 0.4) is 0 Å². The Bertz CT molecular complexity index is 866. The van der Waals surface area contributed by atoms with Gasteiger partial charge in [-0.3, -0.25) is 9.59 Å². The second-order valence-electron chi connectivity index (χ2n) is 5.99. The van der Waals surface area contributed by atoms with Crippen molar-refractivity contribution in [2.45, 2.75) is 26.0 Å². The van der Waals surface area contributed by atoms with Gasteiger partial charge in [-0.25, -0.2) is 9.48 Å². The second-order valence-corrected chi connectivity index (χ2v) is 5.99. The fraction of sp³-hybridized carbons (Fsp3) is 0.312. The monoisotopic (exact) mass is 361 g/mol. The number of nitrogens with two attached hydrogens (primary N) is 1. The Morgan fingerprint density at radius 1 is 1.31 bits per heavy atom. The molecule has 0 aliphatic carbocycles. The van der Waals surface area contributed by atoms with E-state index in [4.69, 9.17) is 10.5 Å². The number of ether oxygens (including phenoxy) is 1. The molecule has 2 amide bonds. The molecule has 1 fully saturated rings. The van der Waals surface area contributed by atoms with E-state index in [2.05, 4.69) is 10.3 Å². The number of ketones is 1. The molecule has 26 heavy (non-hydrogen) atoms. The number of amides is 2. The van der Waals surface area contributed by atoms with Crippen molar-refractivity contribution in [1.82, 2.24) is 20.1 Å². The number of rotatable bonds is 5. The maximum atomic E-state index is 14.2. The molecule has 2 N–H and O–H groups in total. The minimum atomic E-state index is -1.17. The highest BCUT2D eigenvalue weighted by atomic mass is 19.2. The lowest BCUT2D eigenvalue weighted by molar-refractivity contribution is -0.124. The van der Waals surface area contributed by atoms with Crippen LogP contribution >= 0.6 is 0 Å². The smallest absolute Gasteiger partial charge is 0.439 e. The van der Waals surface area contributed by atoms with E-state index in [1.54, 1.807) is 24.3 Å². The summed E-state index contributed by atoms with van der Waals surface area (Å²) in [6.07, 6.45) is -0.731. The molecule has 3 rings (SSSR count). The van der Waals surface area contributed by atoms with Gasteiger partial charge in [0.15, 0.2) is 5.78 Å². The third-order valence-electron chi connectivity index (χ3n) is 4.26. The number of hydrogen-bond acceptors (Lipinski definition) is 6. The largest absolute Gasteiger partial charge is 0.441 e. The molecule has 2 heterocycles. The maximum absolute atomic E-state index is 14.2. The van der Waals surface area contributed by atoms with Crippen molar-refractivity contribution in [3.8, 4) is 5.69 Å². The molecule has 1 aromatic carbocycles. The van der Waals surface area contributed by atoms with Gasteiger partial charge in [0.2, 0.25) is 5.91 Å². The lowest BCUT2D eigenvalue weighted by atomic mass is 9.92. The predicted molar refractivity (Wildman–Crippen MR) is 85.7 cm³/mol. The number of aromatic nitrogens is 3. The summed E-state index contributed by atoms with van der Waals surface area (Å²) in [5.41, 5.74) is 6.48. The van der Waals surface area contributed by atoms with Crippen LogP contribution < -0.4 is 5.73 Å². The van der Waals surface area contributed by atoms with Gasteiger partial charge in [0.25, 0.3) is 0 Å². The van der Waals surface area contributed by atoms with Crippen molar-refractivity contribution in [1.29, 1.82) is 0 Å². The molecule has 136 valence electrons. The topological polar surface area (TPSA) is 120 Å². The van der Waals surface area contributed by atoms with E-state index in [0.717, 1.165) is 0 Å². The summed E-state index contributed by atoms with van der Waals surface area (Å²) in [5.74, 6) is -1.78. The molecule has 10 heteroatoms. The van der Waals surface area contributed by atoms with E-state index in [-0.39, 0.29) is 16.6 Å². The van der Waals surface area contributed by atoms with Crippen LogP contribution in [0.15, 0.2) is 30.5 Å². The number of hydrogen-bond donors (Lipinski definition) is 1. The van der Waals surface area contributed by atoms with E-state index in [9.17, 15) is 18.9 Å². The molecule has 0 bridgehead atoms. The summed E-state index contributed by atoms with van der Waals surface area (Å²) in [5, 5.41) is 7.54. The van der Waals surface area contributed by atoms with Crippen LogP contribution in [0.1, 0.15) is 35.9 Å². The van der Waals surface area contributed by atoms with Crippen LogP contribution in [-0.4, -0.2) is 44.0 Å². The molecular formula is C16H16FN5O4. The summed E-state index contributed by atoms with van der Waals surface area (Å²) in [4.78, 5) is 34.3. The van der Waals surface area contributed by atoms with E-state index in [0.29, 0.717) is 11.3 Å². The van der Waals surface area contributed by atoms with Gasteiger partial charge in [0.1, 0.15) is 17.8 Å². The van der Waals surface area contributed by atoms with E-state index < -0.39 is 30.1 Å². The highest BCUT2D eigenvalue weighted by Crippen LogP contribution is 2.37. The first-order chi connectivity index (χ1) is 12.3. The quantitative estimate of drug-likeness (QED) is 0.634. The Morgan fingerprint density at radius 3 is 2.50 bits per heavy atom. The second kappa shape index (κ2) is 6.54. The predicted octanol–water partition coefficient (Wildman–Crippen LogP) is 1.34. The third-order valence-corrected chi connectivity index (χ3v) is 4.26. The highest BCUT2D eigenvalue weighted by Gasteiger charge is 2.47. The van der Waals surface area contributed by atoms with Crippen molar-refractivity contribution >= 4 is 17.8 Å². The average molecular weight is 361 g/mol. The van der Waals surface area contributed by atoms with Gasteiger partial charge >= 0.3 is 6.09 Å². The lowest BCUT2D eigenvalue weighted by Crippen LogP contribution is -2.35. The van der Waals surface area contributed by atoms with Crippen LogP contribution in [0.5, 0.6) is 0 Å². The number of primary amides is 1. The van der Waals surface area contributed by atoms with Crippen LogP contribution in [0, 0.1) is 5.92 Å². The number of Topliss-reactive ketones (excluding diaryl/α,β-unsaturated/α-hetero) is 1. The molecule has 0 radical (unpaired) electrons. The minimum absolute atomic E-state index is 0.0531. The zero-order valence-corrected chi connectivity index (χ0v) is 14.0. The zero-order chi connectivity index (χ0) is 19.0. The Hall–Kier alpha value is -3.30. The van der Waals surface area contributed by atoms with Crippen LogP contribution in [0.4, 0.5) is 9.28 Å². The van der Waals surface area contributed by atoms with Gasteiger partial charge < -0.3 is 10.5 Å². The average Bonchev–Trinajstić information content (AvgIpc) is 3.20. The normalized spacial score (nSPS) is 20.7. The molecule has 2 aromatic rings. The standard InChI is InChI=1S/C16H16FN5O4/c1-8(15(18)24)14-13(22(17)16(25)26-14)10-3-5-11(6-4-10)21-7-12(9(2)23)19-20-21/h3-8,13-14H,1-2H3,(H2,18,24). The number of halogens is 1. The van der Waals surface area contributed by atoms with Gasteiger partial charge in [0, 0.05) is 6.92 Å². The fourth-order valence-corrected chi connectivity index (χ4v) is 2.71. The maximum Gasteiger partial charge on any atom is 0.439 e. The van der Waals surface area contributed by atoms with Crippen molar-refractivity contribution < 1.29 is 23.6 Å². The summed E-state index contributed by atoms with van der Waals surface area (Å²) < 4.78 is 20.5. The van der Waals surface area contributed by atoms with E-state index in [1.807, 2.05) is 0 Å². The molecule has 9 nitrogen and oxygen atoms in total. The fourth-order valence-electron chi connectivity index (χ4n) is 2.71. The molecular weight excluding hydrogens is 345 g/mol. The summed E-state index contributed by atoms with van der Waals surface area (Å²) in [6, 6.07) is 5.30. The van der Waals surface area contributed by atoms with Crippen molar-refractivity contribution in [3.63, 3.8) is 0 Å². The van der Waals surface area contributed by atoms with Crippen molar-refractivity contribution in [3.05, 3.63) is 41.7 Å². The zero-order valence-electron chi connectivity index (χ0n) is 14.0. The third kappa shape index (κ3) is 3.01. The molecule has 1 aliphatic heterocycles. The van der Waals surface area contributed by atoms with Crippen molar-refractivity contribution in [2.24, 2.45) is 11.7 Å². The number of cyclic esters (lactones) is 1. The molecule has 3 unspecified atom stereocenters. The van der Waals surface area contributed by atoms with Gasteiger partial charge in [-0.1, -0.05) is 21.8 Å². The van der Waals surface area contributed by atoms with Gasteiger partial charge in [-0.05, 0) is 24.6 Å². The lowest BCUT2D eigenvalue weighted by Gasteiger charge is -2.22. The number of carbonyl (C=O) groups excluding carboxylic acids is 3. The first-order valence-electron chi connectivity index (χ1n) is 7.78. The molecule has 1 saturated heterocycles. The van der Waals surface area contributed by atoms with E-state index >= 15 is 0 Å². The molecule has 0 saturated carbocycles. The summed E-state index contributed by atoms with van der Waals surface area (Å²) >= 11 is 0. The first-order valence-corrected chi connectivity index (χ1v) is 7.78. The molecule has 0 spiro atoms. The Morgan fingerprint density at radius 2 is 1.96 bits per heavy atom. The molecule has 3 atom stereocenters. The van der Waals surface area contributed by atoms with Crippen LogP contribution in [-0.2, 0) is 9.53 Å². The number of carbonyl (C=O) groups is 3. The van der Waals surface area contributed by atoms with Gasteiger partial charge in [0.05, 0.1) is 17.8 Å². The summed E-state index contributed by atoms with van der Waals surface area (Å²) in [7, 11) is 0. The van der Waals surface area contributed by atoms with Gasteiger partial charge in [-0.15, -0.1) is 10.2 Å². The Labute approximate surface area is 147 Å².